The van der Waals surface area contributed by atoms with E-state index in [0.717, 1.165) is 57.0 Å². The van der Waals surface area contributed by atoms with Gasteiger partial charge in [0.2, 0.25) is 0 Å². The number of methoxy groups -OCH3 is 1. The minimum Gasteiger partial charge on any atom is -0.468 e. The fraction of sp³-hybridized carbons (Fsp3) is 0.592. The Hall–Kier alpha value is -4.22. The fourth-order valence-corrected chi connectivity index (χ4v) is 17.4. The summed E-state index contributed by atoms with van der Waals surface area (Å²) in [6, 6.07) is 7.11. The van der Waals surface area contributed by atoms with Crippen molar-refractivity contribution in [2.45, 2.75) is 128 Å². The highest BCUT2D eigenvalue weighted by molar-refractivity contribution is 6.90. The average Bonchev–Trinajstić information content (AvgIpc) is 3.87. The Bertz CT molecular complexity index is 2390. The van der Waals surface area contributed by atoms with Crippen molar-refractivity contribution in [3.63, 3.8) is 0 Å². The van der Waals surface area contributed by atoms with Gasteiger partial charge in [0.15, 0.2) is 12.6 Å². The van der Waals surface area contributed by atoms with E-state index in [1.807, 2.05) is 18.2 Å². The molecule has 4 aliphatic rings. The molecule has 63 heavy (non-hydrogen) atoms. The van der Waals surface area contributed by atoms with Crippen LogP contribution in [-0.4, -0.2) is 108 Å². The molecule has 0 radical (unpaired) electrons. The Kier molecular flexibility index (Phi) is 12.9. The molecule has 2 aromatic carbocycles. The molecule has 2 aromatic heterocycles. The lowest BCUT2D eigenvalue weighted by Gasteiger charge is -2.40. The molecular formula is C49H64ClFN6O5Si. The number of pyridine rings is 1. The van der Waals surface area contributed by atoms with Crippen LogP contribution in [0.2, 0.25) is 21.6 Å². The highest BCUT2D eigenvalue weighted by Crippen LogP contribution is 2.47. The van der Waals surface area contributed by atoms with Crippen LogP contribution in [0.4, 0.5) is 15.0 Å². The molecule has 1 amide bonds. The number of rotatable bonds is 13. The first-order valence-electron chi connectivity index (χ1n) is 23.1. The van der Waals surface area contributed by atoms with Crippen LogP contribution in [0.1, 0.15) is 99.5 Å². The second-order valence-electron chi connectivity index (χ2n) is 19.6. The van der Waals surface area contributed by atoms with E-state index in [9.17, 15) is 9.90 Å². The molecule has 14 heteroatoms. The van der Waals surface area contributed by atoms with Gasteiger partial charge in [0.25, 0.3) is 0 Å². The molecule has 8 rings (SSSR count). The number of hydrogen-bond donors (Lipinski definition) is 1. The van der Waals surface area contributed by atoms with Gasteiger partial charge in [-0.05, 0) is 77.7 Å². The summed E-state index contributed by atoms with van der Waals surface area (Å²) in [5.41, 5.74) is 6.13. The smallest absolute Gasteiger partial charge is 0.407 e. The molecule has 2 unspecified atom stereocenters. The summed E-state index contributed by atoms with van der Waals surface area (Å²) >= 11 is 7.10. The molecule has 4 aromatic rings. The first-order chi connectivity index (χ1) is 30.1. The zero-order valence-corrected chi connectivity index (χ0v) is 40.2. The number of hydrogen-bond acceptors (Lipinski definition) is 9. The maximum Gasteiger partial charge on any atom is 0.407 e. The summed E-state index contributed by atoms with van der Waals surface area (Å²) in [7, 11) is -0.648. The number of anilines is 1. The molecule has 0 aliphatic carbocycles. The van der Waals surface area contributed by atoms with E-state index in [2.05, 4.69) is 76.7 Å². The lowest BCUT2D eigenvalue weighted by Crippen LogP contribution is -2.55. The van der Waals surface area contributed by atoms with Crippen molar-refractivity contribution in [3.8, 4) is 34.5 Å². The maximum atomic E-state index is 18.0. The minimum atomic E-state index is -2.20. The first kappa shape index (κ1) is 45.3. The topological polar surface area (TPSA) is 113 Å². The number of benzene rings is 2. The van der Waals surface area contributed by atoms with Gasteiger partial charge in [-0.15, -0.1) is 5.54 Å². The zero-order chi connectivity index (χ0) is 45.0. The molecule has 1 N–H and O–H groups in total. The predicted molar refractivity (Wildman–Crippen MR) is 251 cm³/mol. The van der Waals surface area contributed by atoms with Crippen molar-refractivity contribution in [1.82, 2.24) is 24.8 Å². The van der Waals surface area contributed by atoms with E-state index in [4.69, 9.17) is 40.8 Å². The third kappa shape index (κ3) is 8.12. The first-order valence-corrected chi connectivity index (χ1v) is 25.7. The van der Waals surface area contributed by atoms with E-state index >= 15 is 4.39 Å². The minimum absolute atomic E-state index is 0.00451. The molecular weight excluding hydrogens is 835 g/mol. The van der Waals surface area contributed by atoms with Crippen molar-refractivity contribution in [3.05, 3.63) is 46.9 Å². The molecule has 0 spiro atoms. The summed E-state index contributed by atoms with van der Waals surface area (Å²) in [4.78, 5) is 33.3. The lowest BCUT2D eigenvalue weighted by molar-refractivity contribution is 0.0512. The average molecular weight is 900 g/mol. The fourth-order valence-electron chi connectivity index (χ4n) is 12.0. The Morgan fingerprint density at radius 3 is 2.21 bits per heavy atom. The third-order valence-electron chi connectivity index (χ3n) is 15.1. The van der Waals surface area contributed by atoms with Gasteiger partial charge in [-0.3, -0.25) is 14.8 Å². The van der Waals surface area contributed by atoms with Crippen LogP contribution >= 0.6 is 11.6 Å². The van der Waals surface area contributed by atoms with Gasteiger partial charge in [0, 0.05) is 50.4 Å². The monoisotopic (exact) mass is 898 g/mol. The van der Waals surface area contributed by atoms with Crippen LogP contribution in [0.15, 0.2) is 30.5 Å². The highest BCUT2D eigenvalue weighted by atomic mass is 35.5. The molecule has 0 saturated carbocycles. The number of carbonyl (C=O) groups is 1. The summed E-state index contributed by atoms with van der Waals surface area (Å²) in [6.45, 7) is 21.5. The molecule has 6 heterocycles. The van der Waals surface area contributed by atoms with E-state index in [-0.39, 0.29) is 41.6 Å². The lowest BCUT2D eigenvalue weighted by atomic mass is 9.86. The van der Waals surface area contributed by atoms with Crippen LogP contribution in [0.5, 0.6) is 11.8 Å². The number of halogens is 2. The molecule has 2 bridgehead atoms. The van der Waals surface area contributed by atoms with E-state index in [1.165, 1.54) is 0 Å². The maximum absolute atomic E-state index is 18.0. The molecule has 338 valence electrons. The second-order valence-corrected chi connectivity index (χ2v) is 25.5. The van der Waals surface area contributed by atoms with Crippen LogP contribution in [0, 0.1) is 29.1 Å². The summed E-state index contributed by atoms with van der Waals surface area (Å²) in [5, 5.41) is 12.4. The SMILES string of the molecule is CCC1CN2CC(CC)CC2(COc2nc(N3C[C@H]4CC[C@@H](C3)N4C(=O)O)c3cnc(-c4cc(OCOC)cc5ccc(Cl)c(C#C[Si](C(C)C)(C(C)C)C(C)C)c45)c(F)c3n2)C1. The Labute approximate surface area is 378 Å². The Balaban J connectivity index is 1.30. The number of ether oxygens (including phenoxy) is 3. The number of piperazine rings is 1. The van der Waals surface area contributed by atoms with E-state index in [1.54, 1.807) is 24.3 Å². The van der Waals surface area contributed by atoms with E-state index < -0.39 is 20.0 Å². The van der Waals surface area contributed by atoms with Crippen molar-refractivity contribution in [2.75, 3.05) is 51.6 Å². The number of fused-ring (bicyclic) bond motifs is 5. The molecule has 4 atom stereocenters. The van der Waals surface area contributed by atoms with Gasteiger partial charge in [0.05, 0.1) is 33.6 Å². The number of carboxylic acid groups (broad SMARTS) is 1. The summed E-state index contributed by atoms with van der Waals surface area (Å²) < 4.78 is 35.9. The molecule has 4 fully saturated rings. The molecule has 4 saturated heterocycles. The quantitative estimate of drug-likeness (QED) is 0.0790. The van der Waals surface area contributed by atoms with Crippen LogP contribution in [-0.2, 0) is 4.74 Å². The van der Waals surface area contributed by atoms with E-state index in [0.29, 0.717) is 86.6 Å². The number of amides is 1. The predicted octanol–water partition coefficient (Wildman–Crippen LogP) is 10.8. The van der Waals surface area contributed by atoms with Crippen LogP contribution in [0.3, 0.4) is 0 Å². The Morgan fingerprint density at radius 2 is 1.62 bits per heavy atom. The summed E-state index contributed by atoms with van der Waals surface area (Å²) in [5.74, 6) is 5.11. The van der Waals surface area contributed by atoms with Crippen LogP contribution in [0.25, 0.3) is 32.9 Å². The number of nitrogens with zero attached hydrogens (tertiary/aromatic N) is 6. The van der Waals surface area contributed by atoms with Gasteiger partial charge in [-0.1, -0.05) is 91.8 Å². The zero-order valence-electron chi connectivity index (χ0n) is 38.4. The van der Waals surface area contributed by atoms with Gasteiger partial charge in [-0.2, -0.15) is 9.97 Å². The molecule has 11 nitrogen and oxygen atoms in total. The largest absolute Gasteiger partial charge is 0.468 e. The second kappa shape index (κ2) is 18.0. The van der Waals surface area contributed by atoms with Crippen molar-refractivity contribution in [1.29, 1.82) is 0 Å². The van der Waals surface area contributed by atoms with Gasteiger partial charge >= 0.3 is 12.1 Å². The van der Waals surface area contributed by atoms with Crippen molar-refractivity contribution < 1.29 is 28.5 Å². The summed E-state index contributed by atoms with van der Waals surface area (Å²) in [6.07, 6.45) is 6.54. The highest BCUT2D eigenvalue weighted by Gasteiger charge is 2.52. The standard InChI is InChI=1S/C49H64ClFN6O5Si/c1-10-32-20-49(21-33(11-2)24-56(49)23-32)27-61-47-53-45-40(46(54-47)55-25-35-13-14-36(26-55)57(35)48(58)59)22-52-44(43(45)51)39-19-37(62-28-60-9)18-34-12-15-41(50)38(42(34)39)16-17-63(29(3)4,30(5)6)31(7)8/h12,15,18-19,22,29-33,35-36H,10-11,13-14,20-21,23-28H2,1-9H3,(H,58,59)/t32?,33?,35-,36+,49?. The third-order valence-corrected chi connectivity index (χ3v) is 21.8. The molecule has 4 aliphatic heterocycles. The normalized spacial score (nSPS) is 23.7. The number of aromatic nitrogens is 3. The Morgan fingerprint density at radius 1 is 0.968 bits per heavy atom. The van der Waals surface area contributed by atoms with Gasteiger partial charge in [0.1, 0.15) is 37.5 Å². The van der Waals surface area contributed by atoms with Crippen molar-refractivity contribution in [2.24, 2.45) is 11.8 Å². The van der Waals surface area contributed by atoms with Crippen LogP contribution < -0.4 is 14.4 Å². The van der Waals surface area contributed by atoms with Gasteiger partial charge in [-0.25, -0.2) is 9.18 Å². The van der Waals surface area contributed by atoms with Gasteiger partial charge < -0.3 is 24.2 Å². The van der Waals surface area contributed by atoms with Crippen molar-refractivity contribution >= 4 is 53.3 Å².